The summed E-state index contributed by atoms with van der Waals surface area (Å²) in [5.41, 5.74) is 5.07. The van der Waals surface area contributed by atoms with Crippen LogP contribution in [0.3, 0.4) is 0 Å². The molecule has 0 amide bonds. The van der Waals surface area contributed by atoms with Crippen LogP contribution < -0.4 is 15.5 Å². The Hall–Kier alpha value is -3.28. The predicted octanol–water partition coefficient (Wildman–Crippen LogP) is 3.57. The van der Waals surface area contributed by atoms with E-state index in [2.05, 4.69) is 87.5 Å². The van der Waals surface area contributed by atoms with Gasteiger partial charge in [0.05, 0.1) is 12.9 Å². The van der Waals surface area contributed by atoms with Gasteiger partial charge < -0.3 is 20.1 Å². The lowest BCUT2D eigenvalue weighted by Crippen LogP contribution is -2.44. The number of guanidine groups is 1. The Kier molecular flexibility index (Phi) is 6.87. The molecule has 1 aliphatic heterocycles. The zero-order chi connectivity index (χ0) is 21.5. The van der Waals surface area contributed by atoms with Crippen LogP contribution >= 0.6 is 0 Å². The van der Waals surface area contributed by atoms with E-state index in [9.17, 15) is 0 Å². The third-order valence-electron chi connectivity index (χ3n) is 5.64. The van der Waals surface area contributed by atoms with Gasteiger partial charge in [-0.1, -0.05) is 42.0 Å². The van der Waals surface area contributed by atoms with Gasteiger partial charge >= 0.3 is 0 Å². The third-order valence-corrected chi connectivity index (χ3v) is 5.64. The summed E-state index contributed by atoms with van der Waals surface area (Å²) >= 11 is 0. The maximum atomic E-state index is 4.82. The van der Waals surface area contributed by atoms with E-state index in [0.29, 0.717) is 12.6 Å². The minimum atomic E-state index is 0.400. The van der Waals surface area contributed by atoms with E-state index < -0.39 is 0 Å². The fourth-order valence-electron chi connectivity index (χ4n) is 3.89. The Labute approximate surface area is 185 Å². The molecule has 3 aromatic rings. The number of hydrogen-bond acceptors (Lipinski definition) is 3. The van der Waals surface area contributed by atoms with Crippen LogP contribution in [0.4, 0.5) is 5.69 Å². The number of hydrogen-bond donors (Lipinski definition) is 2. The summed E-state index contributed by atoms with van der Waals surface area (Å²) in [6.45, 7) is 8.65. The summed E-state index contributed by atoms with van der Waals surface area (Å²) in [6, 6.07) is 17.9. The molecule has 2 N–H and O–H groups in total. The molecule has 1 aliphatic rings. The quantitative estimate of drug-likeness (QED) is 0.457. The van der Waals surface area contributed by atoms with Crippen molar-refractivity contribution < 1.29 is 0 Å². The van der Waals surface area contributed by atoms with Gasteiger partial charge in [0.25, 0.3) is 0 Å². The number of anilines is 1. The first-order valence-electron chi connectivity index (χ1n) is 11.1. The van der Waals surface area contributed by atoms with E-state index in [-0.39, 0.29) is 0 Å². The average Bonchev–Trinajstić information content (AvgIpc) is 3.46. The highest BCUT2D eigenvalue weighted by Gasteiger charge is 2.23. The minimum absolute atomic E-state index is 0.400. The molecule has 1 aromatic heterocycles. The van der Waals surface area contributed by atoms with Gasteiger partial charge in [-0.2, -0.15) is 0 Å². The van der Waals surface area contributed by atoms with E-state index in [1.165, 1.54) is 22.4 Å². The molecular weight excluding hydrogens is 384 g/mol. The molecule has 31 heavy (non-hydrogen) atoms. The van der Waals surface area contributed by atoms with Crippen LogP contribution in [0.1, 0.15) is 30.0 Å². The highest BCUT2D eigenvalue weighted by atomic mass is 15.2. The van der Waals surface area contributed by atoms with Crippen molar-refractivity contribution in [3.8, 4) is 0 Å². The second-order valence-electron chi connectivity index (χ2n) is 8.16. The summed E-state index contributed by atoms with van der Waals surface area (Å²) in [5.74, 6) is 0.890. The normalized spacial score (nSPS) is 16.5. The zero-order valence-electron chi connectivity index (χ0n) is 18.5. The SMILES string of the molecule is CCNC(=NCc1ccc(Cn2ccnc2)cc1)NC1CCN(c2ccc(C)cc2)C1. The number of aromatic nitrogens is 2. The molecule has 1 unspecified atom stereocenters. The predicted molar refractivity (Wildman–Crippen MR) is 128 cm³/mol. The highest BCUT2D eigenvalue weighted by molar-refractivity contribution is 5.80. The molecule has 6 nitrogen and oxygen atoms in total. The van der Waals surface area contributed by atoms with Crippen molar-refractivity contribution in [2.45, 2.75) is 39.4 Å². The van der Waals surface area contributed by atoms with Crippen LogP contribution in [-0.2, 0) is 13.1 Å². The van der Waals surface area contributed by atoms with Gasteiger partial charge in [-0.3, -0.25) is 0 Å². The van der Waals surface area contributed by atoms with Crippen LogP contribution in [0.2, 0.25) is 0 Å². The van der Waals surface area contributed by atoms with Crippen molar-refractivity contribution in [1.82, 2.24) is 20.2 Å². The lowest BCUT2D eigenvalue weighted by Gasteiger charge is -2.20. The molecule has 0 radical (unpaired) electrons. The van der Waals surface area contributed by atoms with Crippen LogP contribution in [0.5, 0.6) is 0 Å². The van der Waals surface area contributed by atoms with Crippen LogP contribution in [0.25, 0.3) is 0 Å². The largest absolute Gasteiger partial charge is 0.369 e. The second kappa shape index (κ2) is 10.2. The fraction of sp³-hybridized carbons (Fsp3) is 0.360. The van der Waals surface area contributed by atoms with Crippen molar-refractivity contribution in [2.75, 3.05) is 24.5 Å². The molecule has 162 valence electrons. The molecular formula is C25H32N6. The Balaban J connectivity index is 1.32. The smallest absolute Gasteiger partial charge is 0.191 e. The molecule has 0 aliphatic carbocycles. The molecule has 1 atom stereocenters. The van der Waals surface area contributed by atoms with Gasteiger partial charge in [-0.05, 0) is 43.5 Å². The van der Waals surface area contributed by atoms with Crippen molar-refractivity contribution in [3.05, 3.63) is 83.9 Å². The summed E-state index contributed by atoms with van der Waals surface area (Å²) in [7, 11) is 0. The van der Waals surface area contributed by atoms with E-state index >= 15 is 0 Å². The van der Waals surface area contributed by atoms with Gasteiger partial charge in [0, 0.05) is 50.3 Å². The van der Waals surface area contributed by atoms with Crippen LogP contribution in [-0.4, -0.2) is 41.2 Å². The number of rotatable bonds is 7. The molecule has 1 saturated heterocycles. The highest BCUT2D eigenvalue weighted by Crippen LogP contribution is 2.20. The van der Waals surface area contributed by atoms with Gasteiger partial charge in [0.1, 0.15) is 0 Å². The number of aliphatic imine (C=N–C) groups is 1. The third kappa shape index (κ3) is 5.87. The molecule has 2 heterocycles. The monoisotopic (exact) mass is 416 g/mol. The number of nitrogens with one attached hydrogen (secondary N) is 2. The molecule has 0 saturated carbocycles. The maximum absolute atomic E-state index is 4.82. The van der Waals surface area contributed by atoms with E-state index in [1.54, 1.807) is 0 Å². The Bertz CT molecular complexity index is 960. The summed E-state index contributed by atoms with van der Waals surface area (Å²) in [6.07, 6.45) is 6.75. The average molecular weight is 417 g/mol. The summed E-state index contributed by atoms with van der Waals surface area (Å²) in [4.78, 5) is 11.4. The van der Waals surface area contributed by atoms with Crippen molar-refractivity contribution >= 4 is 11.6 Å². The first-order chi connectivity index (χ1) is 15.2. The molecule has 1 fully saturated rings. The standard InChI is InChI=1S/C25H32N6/c1-3-27-25(29-23-12-14-31(18-23)24-10-4-20(2)5-11-24)28-16-21-6-8-22(9-7-21)17-30-15-13-26-19-30/h4-11,13,15,19,23H,3,12,14,16-18H2,1-2H3,(H2,27,28,29). The number of imidazole rings is 1. The maximum Gasteiger partial charge on any atom is 0.191 e. The first-order valence-corrected chi connectivity index (χ1v) is 11.1. The minimum Gasteiger partial charge on any atom is -0.369 e. The topological polar surface area (TPSA) is 57.5 Å². The lowest BCUT2D eigenvalue weighted by molar-refractivity contribution is 0.649. The van der Waals surface area contributed by atoms with Crippen LogP contribution in [0.15, 0.2) is 72.2 Å². The Morgan fingerprint density at radius 1 is 1.10 bits per heavy atom. The Morgan fingerprint density at radius 2 is 1.87 bits per heavy atom. The van der Waals surface area contributed by atoms with Gasteiger partial charge in [-0.25, -0.2) is 9.98 Å². The first kappa shape index (κ1) is 21.0. The van der Waals surface area contributed by atoms with Crippen molar-refractivity contribution in [3.63, 3.8) is 0 Å². The van der Waals surface area contributed by atoms with E-state index in [1.807, 2.05) is 18.7 Å². The molecule has 0 bridgehead atoms. The molecule has 4 rings (SSSR count). The van der Waals surface area contributed by atoms with Gasteiger partial charge in [0.2, 0.25) is 0 Å². The summed E-state index contributed by atoms with van der Waals surface area (Å²) in [5, 5.41) is 7.02. The molecule has 6 heteroatoms. The number of benzene rings is 2. The second-order valence-corrected chi connectivity index (χ2v) is 8.16. The summed E-state index contributed by atoms with van der Waals surface area (Å²) < 4.78 is 2.07. The zero-order valence-corrected chi connectivity index (χ0v) is 18.5. The fourth-order valence-corrected chi connectivity index (χ4v) is 3.89. The van der Waals surface area contributed by atoms with E-state index in [4.69, 9.17) is 4.99 Å². The molecule has 2 aromatic carbocycles. The number of aryl methyl sites for hydroxylation is 1. The molecule has 0 spiro atoms. The number of nitrogens with zero attached hydrogens (tertiary/aromatic N) is 4. The lowest BCUT2D eigenvalue weighted by atomic mass is 10.1. The Morgan fingerprint density at radius 3 is 2.58 bits per heavy atom. The van der Waals surface area contributed by atoms with Gasteiger partial charge in [-0.15, -0.1) is 0 Å². The van der Waals surface area contributed by atoms with Crippen molar-refractivity contribution in [2.24, 2.45) is 4.99 Å². The van der Waals surface area contributed by atoms with Crippen molar-refractivity contribution in [1.29, 1.82) is 0 Å². The van der Waals surface area contributed by atoms with Gasteiger partial charge in [0.15, 0.2) is 5.96 Å². The van der Waals surface area contributed by atoms with E-state index in [0.717, 1.165) is 38.6 Å². The van der Waals surface area contributed by atoms with Crippen LogP contribution in [0, 0.1) is 6.92 Å².